The van der Waals surface area contributed by atoms with Crippen molar-refractivity contribution in [2.45, 2.75) is 33.1 Å². The number of carboxylic acid groups (broad SMARTS) is 1. The van der Waals surface area contributed by atoms with Gasteiger partial charge in [-0.3, -0.25) is 0 Å². The minimum absolute atomic E-state index is 0.0419. The lowest BCUT2D eigenvalue weighted by molar-refractivity contribution is -0.133. The van der Waals surface area contributed by atoms with Crippen molar-refractivity contribution in [2.75, 3.05) is 5.75 Å². The van der Waals surface area contributed by atoms with Crippen LogP contribution in [-0.4, -0.2) is 25.2 Å². The molecule has 152 valence electrons. The number of allylic oxidation sites excluding steroid dienone is 2. The minimum Gasteiger partial charge on any atom is -0.478 e. The largest absolute Gasteiger partial charge is 0.478 e. The topological polar surface area (TPSA) is 83.5 Å². The Balaban J connectivity index is 0.00000117. The van der Waals surface area contributed by atoms with Crippen molar-refractivity contribution >= 4 is 21.5 Å². The summed E-state index contributed by atoms with van der Waals surface area (Å²) in [4.78, 5) is 12.2. The number of sulfone groups is 1. The maximum absolute atomic E-state index is 13.2. The molecule has 1 atom stereocenters. The van der Waals surface area contributed by atoms with Gasteiger partial charge in [0, 0.05) is 11.3 Å². The molecule has 2 aliphatic heterocycles. The molecule has 0 fully saturated rings. The molecule has 0 bridgehead atoms. The first-order valence-electron chi connectivity index (χ1n) is 9.71. The molecule has 29 heavy (non-hydrogen) atoms. The van der Waals surface area contributed by atoms with Crippen LogP contribution >= 0.6 is 0 Å². The van der Waals surface area contributed by atoms with Crippen LogP contribution < -0.4 is 5.32 Å². The summed E-state index contributed by atoms with van der Waals surface area (Å²) in [7, 11) is -3.66. The molecule has 0 saturated heterocycles. The summed E-state index contributed by atoms with van der Waals surface area (Å²) in [6.45, 7) is 5.68. The Bertz CT molecular complexity index is 1100. The highest BCUT2D eigenvalue weighted by Gasteiger charge is 2.41. The zero-order valence-electron chi connectivity index (χ0n) is 16.8. The summed E-state index contributed by atoms with van der Waals surface area (Å²) in [6, 6.07) is 16.5. The van der Waals surface area contributed by atoms with Gasteiger partial charge in [-0.1, -0.05) is 68.4 Å². The van der Waals surface area contributed by atoms with E-state index >= 15 is 0 Å². The second-order valence-corrected chi connectivity index (χ2v) is 8.86. The molecule has 0 amide bonds. The average Bonchev–Trinajstić information content (AvgIpc) is 2.83. The maximum atomic E-state index is 13.2. The Hall–Kier alpha value is -2.86. The predicted octanol–water partition coefficient (Wildman–Crippen LogP) is 4.10. The van der Waals surface area contributed by atoms with E-state index in [2.05, 4.69) is 5.32 Å². The van der Waals surface area contributed by atoms with Gasteiger partial charge in [0.25, 0.3) is 0 Å². The van der Waals surface area contributed by atoms with Gasteiger partial charge in [0.1, 0.15) is 0 Å². The first-order valence-corrected chi connectivity index (χ1v) is 11.4. The van der Waals surface area contributed by atoms with E-state index in [0.717, 1.165) is 11.1 Å². The van der Waals surface area contributed by atoms with Crippen molar-refractivity contribution in [3.63, 3.8) is 0 Å². The molecule has 5 nitrogen and oxygen atoms in total. The lowest BCUT2D eigenvalue weighted by Gasteiger charge is -2.31. The van der Waals surface area contributed by atoms with Crippen LogP contribution in [0.15, 0.2) is 70.8 Å². The number of hydrogen-bond donors (Lipinski definition) is 2. The fraction of sp³-hybridized carbons (Fsp3) is 0.261. The zero-order valence-corrected chi connectivity index (χ0v) is 17.6. The van der Waals surface area contributed by atoms with Gasteiger partial charge in [-0.2, -0.15) is 0 Å². The number of aryl methyl sites for hydroxylation is 1. The van der Waals surface area contributed by atoms with Gasteiger partial charge in [-0.15, -0.1) is 0 Å². The van der Waals surface area contributed by atoms with E-state index in [1.54, 1.807) is 31.2 Å². The van der Waals surface area contributed by atoms with Crippen LogP contribution in [0.3, 0.4) is 0 Å². The van der Waals surface area contributed by atoms with E-state index in [9.17, 15) is 18.3 Å². The van der Waals surface area contributed by atoms with E-state index < -0.39 is 21.7 Å². The standard InChI is InChI=1S/C21H19NO4S.C2H6/c1-13-17(21(23)24)18(15-8-3-2-4-9-15)20-19(22-13)16-10-6-5-7-14(16)11-12-27(20,25)26;1-2/h2-10,18,22H,11-12H2,1H3,(H,23,24);1-2H3. The van der Waals surface area contributed by atoms with Crippen LogP contribution in [0.1, 0.15) is 43.4 Å². The van der Waals surface area contributed by atoms with E-state index in [1.165, 1.54) is 0 Å². The van der Waals surface area contributed by atoms with Gasteiger partial charge in [0.2, 0.25) is 0 Å². The Morgan fingerprint density at radius 2 is 1.66 bits per heavy atom. The average molecular weight is 412 g/mol. The lowest BCUT2D eigenvalue weighted by Crippen LogP contribution is -2.31. The van der Waals surface area contributed by atoms with Crippen LogP contribution in [0, 0.1) is 0 Å². The van der Waals surface area contributed by atoms with Gasteiger partial charge in [-0.05, 0) is 24.5 Å². The third kappa shape index (κ3) is 3.72. The number of rotatable bonds is 2. The van der Waals surface area contributed by atoms with Crippen LogP contribution in [-0.2, 0) is 21.1 Å². The summed E-state index contributed by atoms with van der Waals surface area (Å²) in [5, 5.41) is 13.0. The van der Waals surface area contributed by atoms with Crippen molar-refractivity contribution in [3.05, 3.63) is 87.5 Å². The van der Waals surface area contributed by atoms with Gasteiger partial charge in [0.05, 0.1) is 27.8 Å². The number of carbonyl (C=O) groups is 1. The minimum atomic E-state index is -3.66. The van der Waals surface area contributed by atoms with Gasteiger partial charge < -0.3 is 10.4 Å². The zero-order chi connectivity index (χ0) is 21.2. The van der Waals surface area contributed by atoms with Crippen LogP contribution in [0.2, 0.25) is 0 Å². The summed E-state index contributed by atoms with van der Waals surface area (Å²) in [5.74, 6) is -2.00. The van der Waals surface area contributed by atoms with Crippen molar-refractivity contribution in [1.29, 1.82) is 0 Å². The Labute approximate surface area is 171 Å². The number of fused-ring (bicyclic) bond motifs is 2. The van der Waals surface area contributed by atoms with E-state index in [4.69, 9.17) is 0 Å². The normalized spacial score (nSPS) is 19.8. The second-order valence-electron chi connectivity index (χ2n) is 6.78. The third-order valence-corrected chi connectivity index (χ3v) is 6.99. The molecule has 2 aliphatic rings. The van der Waals surface area contributed by atoms with Crippen LogP contribution in [0.4, 0.5) is 0 Å². The number of dihydropyridines is 1. The van der Waals surface area contributed by atoms with E-state index in [-0.39, 0.29) is 16.2 Å². The highest BCUT2D eigenvalue weighted by Crippen LogP contribution is 2.45. The van der Waals surface area contributed by atoms with Crippen molar-refractivity contribution < 1.29 is 18.3 Å². The smallest absolute Gasteiger partial charge is 0.334 e. The van der Waals surface area contributed by atoms with Crippen LogP contribution in [0.5, 0.6) is 0 Å². The molecule has 0 aromatic heterocycles. The first kappa shape index (κ1) is 20.9. The SMILES string of the molecule is CC.CC1=C(C(=O)O)C(c2ccccc2)C2=C(N1)c1ccccc1CCS2(=O)=O. The fourth-order valence-electron chi connectivity index (χ4n) is 3.93. The van der Waals surface area contributed by atoms with Crippen molar-refractivity contribution in [3.8, 4) is 0 Å². The molecular formula is C23H25NO4S. The first-order chi connectivity index (χ1) is 13.9. The Kier molecular flexibility index (Phi) is 5.94. The number of hydrogen-bond acceptors (Lipinski definition) is 4. The molecule has 0 radical (unpaired) electrons. The number of aliphatic carboxylic acids is 1. The molecule has 1 unspecified atom stereocenters. The highest BCUT2D eigenvalue weighted by molar-refractivity contribution is 7.95. The number of benzene rings is 2. The maximum Gasteiger partial charge on any atom is 0.334 e. The third-order valence-electron chi connectivity index (χ3n) is 5.14. The fourth-order valence-corrected chi connectivity index (χ4v) is 5.72. The Morgan fingerprint density at radius 3 is 2.31 bits per heavy atom. The summed E-state index contributed by atoms with van der Waals surface area (Å²) < 4.78 is 26.5. The van der Waals surface area contributed by atoms with E-state index in [0.29, 0.717) is 23.4 Å². The number of nitrogens with one attached hydrogen (secondary N) is 1. The van der Waals surface area contributed by atoms with Crippen molar-refractivity contribution in [2.24, 2.45) is 0 Å². The molecule has 2 aromatic carbocycles. The van der Waals surface area contributed by atoms with Gasteiger partial charge in [0.15, 0.2) is 9.84 Å². The molecule has 0 saturated carbocycles. The summed E-state index contributed by atoms with van der Waals surface area (Å²) >= 11 is 0. The molecule has 2 N–H and O–H groups in total. The lowest BCUT2D eigenvalue weighted by atomic mass is 9.85. The van der Waals surface area contributed by atoms with Crippen LogP contribution in [0.25, 0.3) is 5.70 Å². The van der Waals surface area contributed by atoms with Gasteiger partial charge >= 0.3 is 5.97 Å². The van der Waals surface area contributed by atoms with Crippen molar-refractivity contribution in [1.82, 2.24) is 5.32 Å². The molecule has 0 aliphatic carbocycles. The molecule has 2 heterocycles. The monoisotopic (exact) mass is 411 g/mol. The molecule has 4 rings (SSSR count). The molecule has 6 heteroatoms. The summed E-state index contributed by atoms with van der Waals surface area (Å²) in [5.41, 5.74) is 3.45. The predicted molar refractivity (Wildman–Crippen MR) is 115 cm³/mol. The Morgan fingerprint density at radius 1 is 1.03 bits per heavy atom. The van der Waals surface area contributed by atoms with E-state index in [1.807, 2.05) is 44.2 Å². The molecular weight excluding hydrogens is 386 g/mol. The quantitative estimate of drug-likeness (QED) is 0.777. The second kappa shape index (κ2) is 8.25. The summed E-state index contributed by atoms with van der Waals surface area (Å²) in [6.07, 6.45) is 0.399. The molecule has 2 aromatic rings. The highest BCUT2D eigenvalue weighted by atomic mass is 32.2. The molecule has 0 spiro atoms. The van der Waals surface area contributed by atoms with Gasteiger partial charge in [-0.25, -0.2) is 13.2 Å². The number of carboxylic acids is 1.